The molecule has 0 amide bonds. The first kappa shape index (κ1) is 15.2. The third-order valence-corrected chi connectivity index (χ3v) is 5.60. The van der Waals surface area contributed by atoms with Gasteiger partial charge in [0, 0.05) is 0 Å². The summed E-state index contributed by atoms with van der Waals surface area (Å²) in [6, 6.07) is 3.59. The molecule has 0 radical (unpaired) electrons. The van der Waals surface area contributed by atoms with E-state index in [0.29, 0.717) is 0 Å². The van der Waals surface area contributed by atoms with Gasteiger partial charge in [-0.3, -0.25) is 0 Å². The molecule has 1 aromatic carbocycles. The summed E-state index contributed by atoms with van der Waals surface area (Å²) >= 11 is 5.92. The smallest absolute Gasteiger partial charge is 0.335 e. The zero-order valence-corrected chi connectivity index (χ0v) is 12.5. The second kappa shape index (κ2) is 5.00. The molecular formula is C12H14ClNO5S. The third-order valence-electron chi connectivity index (χ3n) is 3.09. The van der Waals surface area contributed by atoms with E-state index in [4.69, 9.17) is 21.4 Å². The largest absolute Gasteiger partial charge is 0.478 e. The minimum atomic E-state index is -3.92. The zero-order chi connectivity index (χ0) is 15.1. The second-order valence-electron chi connectivity index (χ2n) is 5.09. The Balaban J connectivity index is 2.55. The maximum absolute atomic E-state index is 12.6. The van der Waals surface area contributed by atoms with E-state index >= 15 is 0 Å². The van der Waals surface area contributed by atoms with Crippen LogP contribution in [-0.2, 0) is 14.8 Å². The van der Waals surface area contributed by atoms with Gasteiger partial charge in [0.25, 0.3) is 0 Å². The predicted molar refractivity (Wildman–Crippen MR) is 72.3 cm³/mol. The SMILES string of the molecule is CC1(C)COCN1S(=O)(=O)c1cc(C(=O)O)ccc1Cl. The number of hydrogen-bond donors (Lipinski definition) is 1. The van der Waals surface area contributed by atoms with Gasteiger partial charge in [-0.05, 0) is 32.0 Å². The summed E-state index contributed by atoms with van der Waals surface area (Å²) in [5.41, 5.74) is -0.840. The summed E-state index contributed by atoms with van der Waals surface area (Å²) in [5, 5.41) is 8.94. The van der Waals surface area contributed by atoms with Gasteiger partial charge in [0.2, 0.25) is 10.0 Å². The quantitative estimate of drug-likeness (QED) is 0.918. The molecule has 1 fully saturated rings. The maximum Gasteiger partial charge on any atom is 0.335 e. The fraction of sp³-hybridized carbons (Fsp3) is 0.417. The average Bonchev–Trinajstić information content (AvgIpc) is 2.69. The van der Waals surface area contributed by atoms with E-state index < -0.39 is 21.5 Å². The number of halogens is 1. The molecule has 0 bridgehead atoms. The number of hydrogen-bond acceptors (Lipinski definition) is 4. The summed E-state index contributed by atoms with van der Waals surface area (Å²) in [7, 11) is -3.92. The number of aromatic carboxylic acids is 1. The first-order chi connectivity index (χ1) is 9.16. The lowest BCUT2D eigenvalue weighted by Gasteiger charge is -2.28. The van der Waals surface area contributed by atoms with Crippen molar-refractivity contribution >= 4 is 27.6 Å². The fourth-order valence-electron chi connectivity index (χ4n) is 1.97. The summed E-state index contributed by atoms with van der Waals surface area (Å²) in [4.78, 5) is 10.7. The van der Waals surface area contributed by atoms with Crippen LogP contribution < -0.4 is 0 Å². The van der Waals surface area contributed by atoms with Gasteiger partial charge in [0.15, 0.2) is 0 Å². The lowest BCUT2D eigenvalue weighted by molar-refractivity contribution is 0.0696. The van der Waals surface area contributed by atoms with E-state index in [0.717, 1.165) is 6.07 Å². The molecular weight excluding hydrogens is 306 g/mol. The van der Waals surface area contributed by atoms with E-state index in [1.54, 1.807) is 13.8 Å². The molecule has 0 saturated carbocycles. The predicted octanol–water partition coefficient (Wildman–Crippen LogP) is 1.80. The summed E-state index contributed by atoms with van der Waals surface area (Å²) in [5.74, 6) is -1.21. The Hall–Kier alpha value is -1.15. The van der Waals surface area contributed by atoms with E-state index in [9.17, 15) is 13.2 Å². The van der Waals surface area contributed by atoms with Crippen molar-refractivity contribution in [1.29, 1.82) is 0 Å². The van der Waals surface area contributed by atoms with Crippen molar-refractivity contribution in [1.82, 2.24) is 4.31 Å². The van der Waals surface area contributed by atoms with Gasteiger partial charge in [-0.25, -0.2) is 13.2 Å². The molecule has 6 nitrogen and oxygen atoms in total. The Morgan fingerprint density at radius 2 is 2.10 bits per heavy atom. The molecule has 0 unspecified atom stereocenters. The lowest BCUT2D eigenvalue weighted by atomic mass is 10.1. The molecule has 0 aliphatic carbocycles. The second-order valence-corrected chi connectivity index (χ2v) is 7.33. The number of ether oxygens (including phenoxy) is 1. The molecule has 1 aliphatic rings. The normalized spacial score (nSPS) is 19.1. The van der Waals surface area contributed by atoms with Crippen molar-refractivity contribution in [2.45, 2.75) is 24.3 Å². The molecule has 0 spiro atoms. The van der Waals surface area contributed by atoms with Gasteiger partial charge >= 0.3 is 5.97 Å². The van der Waals surface area contributed by atoms with Crippen molar-refractivity contribution in [2.75, 3.05) is 13.3 Å². The fourth-order valence-corrected chi connectivity index (χ4v) is 4.13. The van der Waals surface area contributed by atoms with Crippen molar-refractivity contribution < 1.29 is 23.1 Å². The lowest BCUT2D eigenvalue weighted by Crippen LogP contribution is -2.44. The van der Waals surface area contributed by atoms with Gasteiger partial charge in [-0.15, -0.1) is 0 Å². The monoisotopic (exact) mass is 319 g/mol. The Morgan fingerprint density at radius 3 is 2.60 bits per heavy atom. The molecule has 1 N–H and O–H groups in total. The standard InChI is InChI=1S/C12H14ClNO5S/c1-12(2)6-19-7-14(12)20(17,18)10-5-8(11(15)16)3-4-9(10)13/h3-5H,6-7H2,1-2H3,(H,15,16). The van der Waals surface area contributed by atoms with Crippen LogP contribution in [0.4, 0.5) is 0 Å². The Kier molecular flexibility index (Phi) is 3.81. The number of benzene rings is 1. The molecule has 20 heavy (non-hydrogen) atoms. The zero-order valence-electron chi connectivity index (χ0n) is 11.0. The van der Waals surface area contributed by atoms with Crippen LogP contribution in [0.5, 0.6) is 0 Å². The van der Waals surface area contributed by atoms with Crippen LogP contribution in [-0.4, -0.2) is 42.7 Å². The van der Waals surface area contributed by atoms with Gasteiger partial charge in [0.1, 0.15) is 11.6 Å². The van der Waals surface area contributed by atoms with E-state index in [1.807, 2.05) is 0 Å². The van der Waals surface area contributed by atoms with Crippen LogP contribution in [0.3, 0.4) is 0 Å². The van der Waals surface area contributed by atoms with Crippen molar-refractivity contribution in [2.24, 2.45) is 0 Å². The highest BCUT2D eigenvalue weighted by molar-refractivity contribution is 7.89. The summed E-state index contributed by atoms with van der Waals surface area (Å²) in [6.07, 6.45) is 0. The van der Waals surface area contributed by atoms with Crippen LogP contribution >= 0.6 is 11.6 Å². The van der Waals surface area contributed by atoms with E-state index in [-0.39, 0.29) is 28.8 Å². The van der Waals surface area contributed by atoms with Gasteiger partial charge in [0.05, 0.1) is 22.7 Å². The minimum absolute atomic E-state index is 0.0160. The number of sulfonamides is 1. The number of carboxylic acid groups (broad SMARTS) is 1. The van der Waals surface area contributed by atoms with Gasteiger partial charge < -0.3 is 9.84 Å². The molecule has 2 rings (SSSR count). The number of rotatable bonds is 3. The molecule has 0 atom stereocenters. The third kappa shape index (κ3) is 2.54. The van der Waals surface area contributed by atoms with Crippen LogP contribution in [0.2, 0.25) is 5.02 Å². The van der Waals surface area contributed by atoms with E-state index in [2.05, 4.69) is 0 Å². The first-order valence-corrected chi connectivity index (χ1v) is 7.61. The number of carboxylic acids is 1. The highest BCUT2D eigenvalue weighted by Gasteiger charge is 2.42. The molecule has 1 aliphatic heterocycles. The van der Waals surface area contributed by atoms with Crippen LogP contribution in [0.15, 0.2) is 23.1 Å². The highest BCUT2D eigenvalue weighted by Crippen LogP contribution is 2.32. The van der Waals surface area contributed by atoms with Crippen molar-refractivity contribution in [3.8, 4) is 0 Å². The van der Waals surface area contributed by atoms with Crippen LogP contribution in [0.1, 0.15) is 24.2 Å². The molecule has 8 heteroatoms. The summed E-state index contributed by atoms with van der Waals surface area (Å²) in [6.45, 7) is 3.64. The van der Waals surface area contributed by atoms with Gasteiger partial charge in [-0.2, -0.15) is 4.31 Å². The highest BCUT2D eigenvalue weighted by atomic mass is 35.5. The maximum atomic E-state index is 12.6. The van der Waals surface area contributed by atoms with Crippen molar-refractivity contribution in [3.63, 3.8) is 0 Å². The number of nitrogens with zero attached hydrogens (tertiary/aromatic N) is 1. The Bertz CT molecular complexity index is 656. The topological polar surface area (TPSA) is 83.9 Å². The van der Waals surface area contributed by atoms with Crippen LogP contribution in [0, 0.1) is 0 Å². The average molecular weight is 320 g/mol. The molecule has 1 heterocycles. The van der Waals surface area contributed by atoms with Crippen molar-refractivity contribution in [3.05, 3.63) is 28.8 Å². The van der Waals surface area contributed by atoms with Gasteiger partial charge in [-0.1, -0.05) is 11.6 Å². The van der Waals surface area contributed by atoms with Crippen LogP contribution in [0.25, 0.3) is 0 Å². The minimum Gasteiger partial charge on any atom is -0.478 e. The Labute approximate surface area is 122 Å². The Morgan fingerprint density at radius 1 is 1.45 bits per heavy atom. The molecule has 1 saturated heterocycles. The molecule has 110 valence electrons. The van der Waals surface area contributed by atoms with E-state index in [1.165, 1.54) is 16.4 Å². The number of carbonyl (C=O) groups is 1. The molecule has 0 aromatic heterocycles. The molecule has 1 aromatic rings. The first-order valence-electron chi connectivity index (χ1n) is 5.80. The summed E-state index contributed by atoms with van der Waals surface area (Å²) < 4.78 is 31.6.